The number of ether oxygens (including phenoxy) is 2. The minimum atomic E-state index is -0.353. The van der Waals surface area contributed by atoms with Gasteiger partial charge in [0.05, 0.1) is 26.2 Å². The van der Waals surface area contributed by atoms with E-state index in [1.807, 2.05) is 13.8 Å². The minimum absolute atomic E-state index is 0.130. The molecule has 0 spiro atoms. The number of esters is 1. The number of carbonyl (C=O) groups is 2. The van der Waals surface area contributed by atoms with Crippen molar-refractivity contribution in [3.05, 3.63) is 11.6 Å². The highest BCUT2D eigenvalue weighted by Gasteiger charge is 2.29. The molecule has 1 amide bonds. The predicted octanol–water partition coefficient (Wildman–Crippen LogP) is 0.332. The van der Waals surface area contributed by atoms with Crippen LogP contribution < -0.4 is 0 Å². The van der Waals surface area contributed by atoms with Crippen molar-refractivity contribution in [3.8, 4) is 0 Å². The number of morpholine rings is 1. The van der Waals surface area contributed by atoms with E-state index in [-0.39, 0.29) is 36.1 Å². The van der Waals surface area contributed by atoms with Crippen LogP contribution in [0.25, 0.3) is 0 Å². The average molecular weight is 296 g/mol. The quantitative estimate of drug-likeness (QED) is 0.804. The second-order valence-corrected chi connectivity index (χ2v) is 5.22. The molecule has 0 radical (unpaired) electrons. The Labute approximate surface area is 122 Å². The third-order valence-corrected chi connectivity index (χ3v) is 3.29. The number of carbonyl (C=O) groups excluding carboxylic acids is 2. The molecule has 1 saturated heterocycles. The second-order valence-electron chi connectivity index (χ2n) is 5.22. The maximum atomic E-state index is 12.3. The van der Waals surface area contributed by atoms with Crippen LogP contribution in [0.5, 0.6) is 0 Å². The van der Waals surface area contributed by atoms with Gasteiger partial charge in [0.25, 0.3) is 5.91 Å². The number of amides is 1. The van der Waals surface area contributed by atoms with E-state index < -0.39 is 0 Å². The normalized spacial score (nSPS) is 18.9. The topological polar surface area (TPSA) is 97.4 Å². The zero-order valence-electron chi connectivity index (χ0n) is 12.5. The number of hydrogen-bond donors (Lipinski definition) is 1. The van der Waals surface area contributed by atoms with Crippen LogP contribution in [0.2, 0.25) is 0 Å². The second kappa shape index (κ2) is 6.66. The third-order valence-electron chi connectivity index (χ3n) is 3.29. The van der Waals surface area contributed by atoms with Gasteiger partial charge in [0.2, 0.25) is 5.82 Å². The van der Waals surface area contributed by atoms with Crippen LogP contribution in [0, 0.1) is 0 Å². The molecule has 0 aromatic carbocycles. The molecule has 1 aliphatic heterocycles. The molecule has 1 aromatic rings. The average Bonchev–Trinajstić information content (AvgIpc) is 2.96. The fourth-order valence-electron chi connectivity index (χ4n) is 2.07. The lowest BCUT2D eigenvalue weighted by Crippen LogP contribution is -2.46. The van der Waals surface area contributed by atoms with Crippen LogP contribution in [0.3, 0.4) is 0 Å². The van der Waals surface area contributed by atoms with Crippen LogP contribution >= 0.6 is 0 Å². The van der Waals surface area contributed by atoms with Gasteiger partial charge in [0, 0.05) is 19.0 Å². The summed E-state index contributed by atoms with van der Waals surface area (Å²) in [5, 5.41) is 6.72. The van der Waals surface area contributed by atoms with E-state index >= 15 is 0 Å². The number of rotatable bonds is 4. The van der Waals surface area contributed by atoms with Crippen molar-refractivity contribution in [1.29, 1.82) is 0 Å². The molecule has 21 heavy (non-hydrogen) atoms. The Bertz CT molecular complexity index is 514. The zero-order chi connectivity index (χ0) is 15.4. The molecule has 1 aromatic heterocycles. The highest BCUT2D eigenvalue weighted by molar-refractivity contribution is 5.90. The summed E-state index contributed by atoms with van der Waals surface area (Å²) in [5.74, 6) is 0.400. The lowest BCUT2D eigenvalue weighted by Gasteiger charge is -2.31. The summed E-state index contributed by atoms with van der Waals surface area (Å²) in [7, 11) is 1.33. The molecule has 8 nitrogen and oxygen atoms in total. The highest BCUT2D eigenvalue weighted by atomic mass is 16.5. The summed E-state index contributed by atoms with van der Waals surface area (Å²) in [6.07, 6.45) is -0.218. The lowest BCUT2D eigenvalue weighted by molar-refractivity contribution is -0.145. The summed E-state index contributed by atoms with van der Waals surface area (Å²) in [6, 6.07) is 0. The number of nitrogens with zero attached hydrogens (tertiary/aromatic N) is 3. The highest BCUT2D eigenvalue weighted by Crippen LogP contribution is 2.13. The Kier molecular flexibility index (Phi) is 4.89. The van der Waals surface area contributed by atoms with Crippen molar-refractivity contribution in [2.24, 2.45) is 0 Å². The molecular formula is C13H20N4O4. The smallest absolute Gasteiger partial charge is 0.308 e. The van der Waals surface area contributed by atoms with Gasteiger partial charge in [-0.1, -0.05) is 13.8 Å². The number of nitrogens with one attached hydrogen (secondary N) is 1. The largest absolute Gasteiger partial charge is 0.469 e. The van der Waals surface area contributed by atoms with E-state index in [4.69, 9.17) is 4.74 Å². The minimum Gasteiger partial charge on any atom is -0.469 e. The molecule has 1 N–H and O–H groups in total. The van der Waals surface area contributed by atoms with Crippen molar-refractivity contribution in [1.82, 2.24) is 20.1 Å². The maximum Gasteiger partial charge on any atom is 0.308 e. The Hall–Kier alpha value is -1.96. The number of hydrogen-bond acceptors (Lipinski definition) is 6. The molecule has 2 heterocycles. The van der Waals surface area contributed by atoms with E-state index in [1.165, 1.54) is 7.11 Å². The molecule has 116 valence electrons. The Morgan fingerprint density at radius 2 is 2.29 bits per heavy atom. The first kappa shape index (κ1) is 15.4. The molecule has 1 fully saturated rings. The monoisotopic (exact) mass is 296 g/mol. The van der Waals surface area contributed by atoms with E-state index in [9.17, 15) is 9.59 Å². The predicted molar refractivity (Wildman–Crippen MR) is 72.7 cm³/mol. The summed E-state index contributed by atoms with van der Waals surface area (Å²) >= 11 is 0. The molecule has 0 aliphatic carbocycles. The molecule has 0 bridgehead atoms. The fourth-order valence-corrected chi connectivity index (χ4v) is 2.07. The van der Waals surface area contributed by atoms with Gasteiger partial charge in [-0.05, 0) is 0 Å². The fraction of sp³-hybridized carbons (Fsp3) is 0.692. The molecule has 1 atom stereocenters. The van der Waals surface area contributed by atoms with Gasteiger partial charge in [-0.2, -0.15) is 0 Å². The first-order valence-electron chi connectivity index (χ1n) is 6.91. The molecule has 1 aliphatic rings. The Morgan fingerprint density at radius 3 is 2.90 bits per heavy atom. The maximum absolute atomic E-state index is 12.3. The first-order chi connectivity index (χ1) is 10.0. The Balaban J connectivity index is 1.99. The van der Waals surface area contributed by atoms with Gasteiger partial charge in [0.15, 0.2) is 0 Å². The number of aromatic nitrogens is 3. The summed E-state index contributed by atoms with van der Waals surface area (Å²) in [5.41, 5.74) is 0. The van der Waals surface area contributed by atoms with Crippen molar-refractivity contribution < 1.29 is 19.1 Å². The molecule has 0 saturated carbocycles. The van der Waals surface area contributed by atoms with E-state index in [2.05, 4.69) is 19.9 Å². The van der Waals surface area contributed by atoms with Crippen LogP contribution in [0.1, 0.15) is 42.6 Å². The molecular weight excluding hydrogens is 276 g/mol. The molecule has 1 unspecified atom stereocenters. The van der Waals surface area contributed by atoms with Crippen LogP contribution in [0.4, 0.5) is 0 Å². The first-order valence-corrected chi connectivity index (χ1v) is 6.91. The lowest BCUT2D eigenvalue weighted by atomic mass is 10.2. The van der Waals surface area contributed by atoms with E-state index in [0.29, 0.717) is 25.5 Å². The molecule has 2 rings (SSSR count). The zero-order valence-corrected chi connectivity index (χ0v) is 12.5. The van der Waals surface area contributed by atoms with Gasteiger partial charge in [-0.25, -0.2) is 4.98 Å². The van der Waals surface area contributed by atoms with Gasteiger partial charge < -0.3 is 14.4 Å². The summed E-state index contributed by atoms with van der Waals surface area (Å²) in [4.78, 5) is 29.4. The summed E-state index contributed by atoms with van der Waals surface area (Å²) < 4.78 is 10.1. The summed E-state index contributed by atoms with van der Waals surface area (Å²) in [6.45, 7) is 5.11. The molecule has 8 heteroatoms. The Morgan fingerprint density at radius 1 is 1.52 bits per heavy atom. The van der Waals surface area contributed by atoms with E-state index in [1.54, 1.807) is 4.90 Å². The third kappa shape index (κ3) is 3.78. The van der Waals surface area contributed by atoms with Gasteiger partial charge in [0.1, 0.15) is 5.82 Å². The van der Waals surface area contributed by atoms with E-state index in [0.717, 1.165) is 0 Å². The standard InChI is InChI=1S/C13H20N4O4/c1-8(2)11-14-12(16-15-11)13(19)17-4-5-21-9(7-17)6-10(18)20-3/h8-9H,4-7H2,1-3H3,(H,14,15,16). The van der Waals surface area contributed by atoms with Crippen molar-refractivity contribution in [2.75, 3.05) is 26.8 Å². The van der Waals surface area contributed by atoms with Crippen LogP contribution in [-0.4, -0.2) is 64.9 Å². The number of methoxy groups -OCH3 is 1. The number of H-pyrrole nitrogens is 1. The number of aromatic amines is 1. The van der Waals surface area contributed by atoms with Crippen molar-refractivity contribution in [3.63, 3.8) is 0 Å². The van der Waals surface area contributed by atoms with Crippen molar-refractivity contribution in [2.45, 2.75) is 32.3 Å². The van der Waals surface area contributed by atoms with Gasteiger partial charge in [-0.15, -0.1) is 5.10 Å². The van der Waals surface area contributed by atoms with Crippen LogP contribution in [-0.2, 0) is 14.3 Å². The van der Waals surface area contributed by atoms with Gasteiger partial charge >= 0.3 is 5.97 Å². The van der Waals surface area contributed by atoms with Crippen molar-refractivity contribution >= 4 is 11.9 Å². The van der Waals surface area contributed by atoms with Gasteiger partial charge in [-0.3, -0.25) is 14.7 Å². The SMILES string of the molecule is COC(=O)CC1CN(C(=O)c2n[nH]c(C(C)C)n2)CCO1. The van der Waals surface area contributed by atoms with Crippen LogP contribution in [0.15, 0.2) is 0 Å².